The molecule has 1 nitrogen and oxygen atoms in total. The number of nitrogens with one attached hydrogen (secondary N) is 1. The fourth-order valence-electron chi connectivity index (χ4n) is 2.04. The maximum Gasteiger partial charge on any atom is 0.0595 e. The van der Waals surface area contributed by atoms with E-state index in [9.17, 15) is 0 Å². The van der Waals surface area contributed by atoms with Crippen LogP contribution in [-0.4, -0.2) is 7.05 Å². The van der Waals surface area contributed by atoms with Crippen LogP contribution in [0.4, 0.5) is 0 Å². The Labute approximate surface area is 128 Å². The molecule has 102 valence electrons. The first-order valence-electron chi connectivity index (χ1n) is 6.33. The zero-order valence-corrected chi connectivity index (χ0v) is 13.4. The zero-order chi connectivity index (χ0) is 13.8. The molecule has 0 spiro atoms. The lowest BCUT2D eigenvalue weighted by Crippen LogP contribution is -2.18. The Morgan fingerprint density at radius 3 is 2.42 bits per heavy atom. The molecule has 1 aromatic heterocycles. The van der Waals surface area contributed by atoms with Crippen LogP contribution in [0.3, 0.4) is 0 Å². The number of aryl methyl sites for hydroxylation is 1. The molecule has 2 rings (SSSR count). The second kappa shape index (κ2) is 6.76. The summed E-state index contributed by atoms with van der Waals surface area (Å²) in [6.07, 6.45) is 2.07. The van der Waals surface area contributed by atoms with Gasteiger partial charge in [-0.1, -0.05) is 36.2 Å². The van der Waals surface area contributed by atoms with Gasteiger partial charge in [0.25, 0.3) is 0 Å². The van der Waals surface area contributed by atoms with Crippen LogP contribution in [0.25, 0.3) is 0 Å². The van der Waals surface area contributed by atoms with E-state index in [1.165, 1.54) is 15.3 Å². The van der Waals surface area contributed by atoms with Crippen molar-refractivity contribution in [1.82, 2.24) is 5.32 Å². The highest BCUT2D eigenvalue weighted by Gasteiger charge is 2.13. The minimum Gasteiger partial charge on any atom is -0.313 e. The van der Waals surface area contributed by atoms with Crippen LogP contribution in [0.1, 0.15) is 28.3 Å². The van der Waals surface area contributed by atoms with E-state index >= 15 is 0 Å². The lowest BCUT2D eigenvalue weighted by molar-refractivity contribution is 0.596. The normalized spacial score (nSPS) is 12.6. The van der Waals surface area contributed by atoms with Crippen LogP contribution in [0.2, 0.25) is 10.0 Å². The number of likely N-dealkylation sites (N-methyl/N-ethyl adjacent to an activating group) is 1. The van der Waals surface area contributed by atoms with Crippen LogP contribution < -0.4 is 5.32 Å². The number of hydrogen-bond acceptors (Lipinski definition) is 2. The van der Waals surface area contributed by atoms with Gasteiger partial charge in [-0.15, -0.1) is 11.3 Å². The van der Waals surface area contributed by atoms with Crippen LogP contribution in [-0.2, 0) is 12.8 Å². The van der Waals surface area contributed by atoms with Crippen molar-refractivity contribution in [3.05, 3.63) is 55.7 Å². The molecule has 0 aliphatic rings. The van der Waals surface area contributed by atoms with Gasteiger partial charge in [0.1, 0.15) is 0 Å². The van der Waals surface area contributed by atoms with E-state index in [0.717, 1.165) is 12.8 Å². The molecule has 0 aliphatic heterocycles. The van der Waals surface area contributed by atoms with Gasteiger partial charge in [-0.05, 0) is 43.3 Å². The fourth-order valence-corrected chi connectivity index (χ4v) is 3.35. The summed E-state index contributed by atoms with van der Waals surface area (Å²) in [4.78, 5) is 2.82. The van der Waals surface area contributed by atoms with Crippen molar-refractivity contribution in [3.8, 4) is 0 Å². The van der Waals surface area contributed by atoms with E-state index in [2.05, 4.69) is 24.4 Å². The van der Waals surface area contributed by atoms with Crippen molar-refractivity contribution in [2.75, 3.05) is 7.05 Å². The summed E-state index contributed by atoms with van der Waals surface area (Å²) in [6.45, 7) is 2.18. The first-order chi connectivity index (χ1) is 9.13. The van der Waals surface area contributed by atoms with Gasteiger partial charge < -0.3 is 5.32 Å². The van der Waals surface area contributed by atoms with Crippen molar-refractivity contribution in [2.24, 2.45) is 0 Å². The Hall–Kier alpha value is -0.540. The summed E-state index contributed by atoms with van der Waals surface area (Å²) in [5.74, 6) is 0. The molecule has 1 unspecified atom stereocenters. The molecule has 0 saturated heterocycles. The third kappa shape index (κ3) is 3.73. The molecular weight excluding hydrogens is 297 g/mol. The monoisotopic (exact) mass is 313 g/mol. The topological polar surface area (TPSA) is 12.0 Å². The maximum atomic E-state index is 6.09. The van der Waals surface area contributed by atoms with Gasteiger partial charge in [0.2, 0.25) is 0 Å². The second-order valence-electron chi connectivity index (χ2n) is 4.44. The third-order valence-corrected chi connectivity index (χ3v) is 5.16. The standard InChI is InChI=1S/C15H17Cl2NS/c1-3-11-5-6-12(19-11)9-15(18-2)10-4-7-13(16)14(17)8-10/h4-8,15,18H,3,9H2,1-2H3. The quantitative estimate of drug-likeness (QED) is 0.807. The van der Waals surface area contributed by atoms with E-state index in [-0.39, 0.29) is 6.04 Å². The average molecular weight is 314 g/mol. The van der Waals surface area contributed by atoms with Gasteiger partial charge in [-0.3, -0.25) is 0 Å². The number of benzene rings is 1. The molecule has 0 fully saturated rings. The number of halogens is 2. The average Bonchev–Trinajstić information content (AvgIpc) is 2.87. The van der Waals surface area contributed by atoms with Crippen LogP contribution >= 0.6 is 34.5 Å². The van der Waals surface area contributed by atoms with Crippen molar-refractivity contribution in [3.63, 3.8) is 0 Å². The minimum absolute atomic E-state index is 0.262. The molecule has 19 heavy (non-hydrogen) atoms. The smallest absolute Gasteiger partial charge is 0.0595 e. The van der Waals surface area contributed by atoms with Crippen molar-refractivity contribution in [2.45, 2.75) is 25.8 Å². The van der Waals surface area contributed by atoms with Gasteiger partial charge in [0.05, 0.1) is 10.0 Å². The highest BCUT2D eigenvalue weighted by atomic mass is 35.5. The predicted octanol–water partition coefficient (Wildman–Crippen LogP) is 5.12. The predicted molar refractivity (Wildman–Crippen MR) is 85.7 cm³/mol. The molecule has 0 bridgehead atoms. The van der Waals surface area contributed by atoms with Gasteiger partial charge >= 0.3 is 0 Å². The molecule has 1 heterocycles. The molecule has 2 aromatic rings. The summed E-state index contributed by atoms with van der Waals surface area (Å²) in [5, 5.41) is 4.56. The first kappa shape index (κ1) is 14.9. The van der Waals surface area contributed by atoms with Crippen molar-refractivity contribution < 1.29 is 0 Å². The summed E-state index contributed by atoms with van der Waals surface area (Å²) in [6, 6.07) is 10.5. The molecule has 1 aromatic carbocycles. The van der Waals surface area contributed by atoms with E-state index in [1.54, 1.807) is 0 Å². The molecule has 0 amide bonds. The zero-order valence-electron chi connectivity index (χ0n) is 11.0. The minimum atomic E-state index is 0.262. The van der Waals surface area contributed by atoms with Crippen LogP contribution in [0.5, 0.6) is 0 Å². The lowest BCUT2D eigenvalue weighted by atomic mass is 10.0. The second-order valence-corrected chi connectivity index (χ2v) is 6.51. The SMILES string of the molecule is CCc1ccc(CC(NC)c2ccc(Cl)c(Cl)c2)s1. The molecule has 0 aliphatic carbocycles. The van der Waals surface area contributed by atoms with Gasteiger partial charge in [-0.2, -0.15) is 0 Å². The Kier molecular flexibility index (Phi) is 5.28. The molecule has 1 atom stereocenters. The van der Waals surface area contributed by atoms with E-state index in [4.69, 9.17) is 23.2 Å². The maximum absolute atomic E-state index is 6.09. The Morgan fingerprint density at radius 1 is 1.11 bits per heavy atom. The summed E-state index contributed by atoms with van der Waals surface area (Å²) in [5.41, 5.74) is 1.17. The third-order valence-electron chi connectivity index (χ3n) is 3.17. The van der Waals surface area contributed by atoms with Crippen LogP contribution in [0.15, 0.2) is 30.3 Å². The Bertz CT molecular complexity index is 551. The Balaban J connectivity index is 2.17. The molecule has 0 saturated carbocycles. The van der Waals surface area contributed by atoms with Crippen molar-refractivity contribution in [1.29, 1.82) is 0 Å². The summed E-state index contributed by atoms with van der Waals surface area (Å²) >= 11 is 13.9. The Morgan fingerprint density at radius 2 is 1.84 bits per heavy atom. The molecule has 4 heteroatoms. The highest BCUT2D eigenvalue weighted by Crippen LogP contribution is 2.28. The van der Waals surface area contributed by atoms with E-state index < -0.39 is 0 Å². The van der Waals surface area contributed by atoms with Gasteiger partial charge in [-0.25, -0.2) is 0 Å². The number of hydrogen-bond donors (Lipinski definition) is 1. The largest absolute Gasteiger partial charge is 0.313 e. The van der Waals surface area contributed by atoms with Gasteiger partial charge in [0.15, 0.2) is 0 Å². The molecular formula is C15H17Cl2NS. The van der Waals surface area contributed by atoms with Crippen molar-refractivity contribution >= 4 is 34.5 Å². The van der Waals surface area contributed by atoms with E-state index in [0.29, 0.717) is 10.0 Å². The van der Waals surface area contributed by atoms with Crippen LogP contribution in [0, 0.1) is 0 Å². The lowest BCUT2D eigenvalue weighted by Gasteiger charge is -2.16. The summed E-state index contributed by atoms with van der Waals surface area (Å²) in [7, 11) is 1.97. The number of rotatable bonds is 5. The fraction of sp³-hybridized carbons (Fsp3) is 0.333. The molecule has 1 N–H and O–H groups in total. The van der Waals surface area contributed by atoms with Gasteiger partial charge in [0, 0.05) is 22.2 Å². The van der Waals surface area contributed by atoms with E-state index in [1.807, 2.05) is 36.6 Å². The highest BCUT2D eigenvalue weighted by molar-refractivity contribution is 7.11. The molecule has 0 radical (unpaired) electrons. The first-order valence-corrected chi connectivity index (χ1v) is 7.91. The number of thiophene rings is 1. The summed E-state index contributed by atoms with van der Waals surface area (Å²) < 4.78 is 0.